The smallest absolute Gasteiger partial charge is 0.394 e. The van der Waals surface area contributed by atoms with Crippen LogP contribution in [0.1, 0.15) is 16.7 Å². The van der Waals surface area contributed by atoms with Gasteiger partial charge >= 0.3 is 6.18 Å². The van der Waals surface area contributed by atoms with Crippen molar-refractivity contribution in [3.8, 4) is 0 Å². The molecule has 2 rings (SSSR count). The highest BCUT2D eigenvalue weighted by Gasteiger charge is 2.30. The SMILES string of the molecule is NCCO/N=C(/Cc1ccccc1)c1ccc(C(F)(F)F)cc1. The van der Waals surface area contributed by atoms with Gasteiger partial charge in [0.2, 0.25) is 0 Å². The molecule has 0 unspecified atom stereocenters. The van der Waals surface area contributed by atoms with Crippen molar-refractivity contribution in [3.63, 3.8) is 0 Å². The van der Waals surface area contributed by atoms with Crippen molar-refractivity contribution < 1.29 is 18.0 Å². The lowest BCUT2D eigenvalue weighted by molar-refractivity contribution is -0.137. The number of rotatable bonds is 6. The molecular weight excluding hydrogens is 305 g/mol. The summed E-state index contributed by atoms with van der Waals surface area (Å²) in [4.78, 5) is 5.11. The van der Waals surface area contributed by atoms with E-state index in [1.807, 2.05) is 30.3 Å². The van der Waals surface area contributed by atoms with Gasteiger partial charge in [-0.2, -0.15) is 13.2 Å². The van der Waals surface area contributed by atoms with Gasteiger partial charge in [0.1, 0.15) is 6.61 Å². The van der Waals surface area contributed by atoms with E-state index in [2.05, 4.69) is 5.16 Å². The minimum absolute atomic E-state index is 0.249. The molecule has 0 radical (unpaired) electrons. The predicted molar refractivity (Wildman–Crippen MR) is 83.1 cm³/mol. The van der Waals surface area contributed by atoms with Gasteiger partial charge < -0.3 is 10.6 Å². The Bertz CT molecular complexity index is 637. The minimum atomic E-state index is -4.36. The van der Waals surface area contributed by atoms with Crippen LogP contribution >= 0.6 is 0 Å². The van der Waals surface area contributed by atoms with Crippen LogP contribution in [0.4, 0.5) is 13.2 Å². The summed E-state index contributed by atoms with van der Waals surface area (Å²) in [5.74, 6) is 0. The number of hydrogen-bond acceptors (Lipinski definition) is 3. The van der Waals surface area contributed by atoms with Crippen molar-refractivity contribution in [2.75, 3.05) is 13.2 Å². The average Bonchev–Trinajstić information content (AvgIpc) is 2.54. The normalized spacial score (nSPS) is 12.3. The zero-order valence-corrected chi connectivity index (χ0v) is 12.4. The molecule has 6 heteroatoms. The van der Waals surface area contributed by atoms with E-state index in [0.29, 0.717) is 24.2 Å². The fourth-order valence-electron chi connectivity index (χ4n) is 2.00. The van der Waals surface area contributed by atoms with Gasteiger partial charge in [-0.05, 0) is 23.3 Å². The van der Waals surface area contributed by atoms with Crippen molar-refractivity contribution in [2.45, 2.75) is 12.6 Å². The Morgan fingerprint density at radius 2 is 1.65 bits per heavy atom. The van der Waals surface area contributed by atoms with Gasteiger partial charge in [-0.1, -0.05) is 47.6 Å². The molecule has 0 aliphatic heterocycles. The fourth-order valence-corrected chi connectivity index (χ4v) is 2.00. The molecule has 0 heterocycles. The van der Waals surface area contributed by atoms with E-state index >= 15 is 0 Å². The van der Waals surface area contributed by atoms with Crippen LogP contribution in [-0.4, -0.2) is 18.9 Å². The first-order chi connectivity index (χ1) is 11.0. The zero-order valence-electron chi connectivity index (χ0n) is 12.4. The molecule has 0 spiro atoms. The maximum atomic E-state index is 12.6. The third-order valence-electron chi connectivity index (χ3n) is 3.14. The lowest BCUT2D eigenvalue weighted by Gasteiger charge is -2.10. The highest BCUT2D eigenvalue weighted by Crippen LogP contribution is 2.29. The number of benzene rings is 2. The maximum Gasteiger partial charge on any atom is 0.416 e. The topological polar surface area (TPSA) is 47.6 Å². The lowest BCUT2D eigenvalue weighted by Crippen LogP contribution is -2.11. The first-order valence-corrected chi connectivity index (χ1v) is 7.11. The third-order valence-corrected chi connectivity index (χ3v) is 3.14. The largest absolute Gasteiger partial charge is 0.416 e. The highest BCUT2D eigenvalue weighted by atomic mass is 19.4. The molecule has 0 saturated carbocycles. The summed E-state index contributed by atoms with van der Waals surface area (Å²) in [6.45, 7) is 0.564. The van der Waals surface area contributed by atoms with Crippen LogP contribution in [0.2, 0.25) is 0 Å². The Morgan fingerprint density at radius 3 is 2.22 bits per heavy atom. The first-order valence-electron chi connectivity index (χ1n) is 7.11. The molecule has 23 heavy (non-hydrogen) atoms. The van der Waals surface area contributed by atoms with Crippen molar-refractivity contribution in [3.05, 3.63) is 71.3 Å². The summed E-state index contributed by atoms with van der Waals surface area (Å²) in [5.41, 5.74) is 6.79. The molecule has 3 nitrogen and oxygen atoms in total. The number of alkyl halides is 3. The van der Waals surface area contributed by atoms with Crippen LogP contribution in [-0.2, 0) is 17.4 Å². The van der Waals surface area contributed by atoms with E-state index in [9.17, 15) is 13.2 Å². The fraction of sp³-hybridized carbons (Fsp3) is 0.235. The molecule has 0 saturated heterocycles. The van der Waals surface area contributed by atoms with E-state index < -0.39 is 11.7 Å². The summed E-state index contributed by atoms with van der Waals surface area (Å²) >= 11 is 0. The second-order valence-corrected chi connectivity index (χ2v) is 4.90. The number of nitrogens with zero attached hydrogens (tertiary/aromatic N) is 1. The molecule has 0 bridgehead atoms. The van der Waals surface area contributed by atoms with Crippen molar-refractivity contribution in [2.24, 2.45) is 10.9 Å². The van der Waals surface area contributed by atoms with E-state index in [1.54, 1.807) is 0 Å². The number of hydrogen-bond donors (Lipinski definition) is 1. The molecule has 0 atom stereocenters. The quantitative estimate of drug-likeness (QED) is 0.501. The van der Waals surface area contributed by atoms with Gasteiger partial charge in [-0.15, -0.1) is 0 Å². The van der Waals surface area contributed by atoms with Gasteiger partial charge in [0.05, 0.1) is 11.3 Å². The molecule has 122 valence electrons. The van der Waals surface area contributed by atoms with E-state index in [0.717, 1.165) is 17.7 Å². The van der Waals surface area contributed by atoms with Crippen LogP contribution in [0.5, 0.6) is 0 Å². The van der Waals surface area contributed by atoms with Crippen LogP contribution in [0.25, 0.3) is 0 Å². The number of oxime groups is 1. The highest BCUT2D eigenvalue weighted by molar-refractivity contribution is 6.01. The molecule has 0 fully saturated rings. The van der Waals surface area contributed by atoms with Gasteiger partial charge in [0, 0.05) is 13.0 Å². The molecule has 0 aliphatic carbocycles. The Hall–Kier alpha value is -2.34. The van der Waals surface area contributed by atoms with Crippen molar-refractivity contribution >= 4 is 5.71 Å². The lowest BCUT2D eigenvalue weighted by atomic mass is 10.0. The molecule has 0 aliphatic rings. The maximum absolute atomic E-state index is 12.6. The monoisotopic (exact) mass is 322 g/mol. The minimum Gasteiger partial charge on any atom is -0.394 e. The Kier molecular flexibility index (Phi) is 5.76. The molecule has 2 N–H and O–H groups in total. The number of nitrogens with two attached hydrogens (primary N) is 1. The molecule has 2 aromatic rings. The predicted octanol–water partition coefficient (Wildman–Crippen LogP) is 3.63. The summed E-state index contributed by atoms with van der Waals surface area (Å²) in [6.07, 6.45) is -3.90. The van der Waals surface area contributed by atoms with E-state index in [4.69, 9.17) is 10.6 Å². The second kappa shape index (κ2) is 7.78. The average molecular weight is 322 g/mol. The van der Waals surface area contributed by atoms with Crippen molar-refractivity contribution in [1.29, 1.82) is 0 Å². The summed E-state index contributed by atoms with van der Waals surface area (Å²) < 4.78 is 37.9. The molecule has 2 aromatic carbocycles. The zero-order chi connectivity index (χ0) is 16.7. The van der Waals surface area contributed by atoms with Gasteiger partial charge in [0.15, 0.2) is 0 Å². The van der Waals surface area contributed by atoms with Crippen molar-refractivity contribution in [1.82, 2.24) is 0 Å². The van der Waals surface area contributed by atoms with Gasteiger partial charge in [-0.25, -0.2) is 0 Å². The summed E-state index contributed by atoms with van der Waals surface area (Å²) in [7, 11) is 0. The number of halogens is 3. The van der Waals surface area contributed by atoms with Crippen LogP contribution in [0.3, 0.4) is 0 Å². The first kappa shape index (κ1) is 17.0. The van der Waals surface area contributed by atoms with E-state index in [-0.39, 0.29) is 6.61 Å². The summed E-state index contributed by atoms with van der Waals surface area (Å²) in [6, 6.07) is 14.4. The summed E-state index contributed by atoms with van der Waals surface area (Å²) in [5, 5.41) is 4.03. The molecule has 0 amide bonds. The van der Waals surface area contributed by atoms with Crippen LogP contribution < -0.4 is 5.73 Å². The standard InChI is InChI=1S/C17H17F3N2O/c18-17(19,20)15-8-6-14(7-9-15)16(22-23-11-10-21)12-13-4-2-1-3-5-13/h1-9H,10-12,21H2/b22-16-. The van der Waals surface area contributed by atoms with E-state index in [1.165, 1.54) is 12.1 Å². The Balaban J connectivity index is 2.24. The van der Waals surface area contributed by atoms with Crippen LogP contribution in [0.15, 0.2) is 59.8 Å². The molecular formula is C17H17F3N2O. The van der Waals surface area contributed by atoms with Crippen LogP contribution in [0, 0.1) is 0 Å². The molecule has 0 aromatic heterocycles. The van der Waals surface area contributed by atoms with Gasteiger partial charge in [-0.3, -0.25) is 0 Å². The second-order valence-electron chi connectivity index (χ2n) is 4.90. The Labute approximate surface area is 132 Å². The third kappa shape index (κ3) is 5.10. The van der Waals surface area contributed by atoms with Gasteiger partial charge in [0.25, 0.3) is 0 Å². The Morgan fingerprint density at radius 1 is 1.00 bits per heavy atom.